The van der Waals surface area contributed by atoms with Crippen molar-refractivity contribution in [3.63, 3.8) is 0 Å². The molecule has 0 aromatic heterocycles. The highest BCUT2D eigenvalue weighted by Gasteiger charge is 2.27. The number of anilines is 1. The van der Waals surface area contributed by atoms with Gasteiger partial charge in [-0.05, 0) is 68.6 Å². The number of methoxy groups -OCH3 is 1. The van der Waals surface area contributed by atoms with Gasteiger partial charge >= 0.3 is 12.0 Å². The number of hydrogen-bond acceptors (Lipinski definition) is 6. The molecular weight excluding hydrogens is 396 g/mol. The van der Waals surface area contributed by atoms with E-state index in [1.807, 2.05) is 31.2 Å². The Morgan fingerprint density at radius 3 is 2.52 bits per heavy atom. The number of piperidine rings is 1. The summed E-state index contributed by atoms with van der Waals surface area (Å²) in [7, 11) is 1.49. The highest BCUT2D eigenvalue weighted by molar-refractivity contribution is 5.93. The summed E-state index contributed by atoms with van der Waals surface area (Å²) >= 11 is 0. The standard InChI is InChI=1S/C23H30N4O4/c1-4-31-22(28)16-25-14-12-19(13-15-25)18-8-10-20(11-9-18)27(24)23(29)26-17(2)6-5-7-21(26)30-3/h5-11,19H,2,4,12-16,24H2,1,3H3. The van der Waals surface area contributed by atoms with Gasteiger partial charge < -0.3 is 9.47 Å². The van der Waals surface area contributed by atoms with Crippen LogP contribution in [0.5, 0.6) is 0 Å². The molecule has 31 heavy (non-hydrogen) atoms. The van der Waals surface area contributed by atoms with Crippen LogP contribution >= 0.6 is 0 Å². The maximum Gasteiger partial charge on any atom is 0.350 e. The van der Waals surface area contributed by atoms with Gasteiger partial charge in [-0.25, -0.2) is 20.5 Å². The normalized spacial score (nSPS) is 17.3. The van der Waals surface area contributed by atoms with Crippen molar-refractivity contribution in [2.75, 3.05) is 38.4 Å². The van der Waals surface area contributed by atoms with E-state index in [1.165, 1.54) is 17.6 Å². The number of nitrogens with two attached hydrogens (primary N) is 1. The predicted molar refractivity (Wildman–Crippen MR) is 119 cm³/mol. The molecule has 0 radical (unpaired) electrons. The summed E-state index contributed by atoms with van der Waals surface area (Å²) in [5.74, 6) is 6.71. The Balaban J connectivity index is 1.59. The van der Waals surface area contributed by atoms with Crippen molar-refractivity contribution in [1.82, 2.24) is 9.80 Å². The smallest absolute Gasteiger partial charge is 0.350 e. The number of carbonyl (C=O) groups is 2. The molecule has 1 aromatic carbocycles. The van der Waals surface area contributed by atoms with Crippen LogP contribution in [0.25, 0.3) is 0 Å². The first kappa shape index (κ1) is 22.6. The Morgan fingerprint density at radius 1 is 1.23 bits per heavy atom. The number of esters is 1. The van der Waals surface area contributed by atoms with Crippen LogP contribution in [0.3, 0.4) is 0 Å². The predicted octanol–water partition coefficient (Wildman–Crippen LogP) is 3.10. The Bertz CT molecular complexity index is 870. The summed E-state index contributed by atoms with van der Waals surface area (Å²) in [6.07, 6.45) is 7.08. The van der Waals surface area contributed by atoms with Gasteiger partial charge in [-0.2, -0.15) is 0 Å². The second-order valence-corrected chi connectivity index (χ2v) is 7.49. The lowest BCUT2D eigenvalue weighted by molar-refractivity contribution is -0.144. The van der Waals surface area contributed by atoms with Gasteiger partial charge in [0.25, 0.3) is 0 Å². The summed E-state index contributed by atoms with van der Waals surface area (Å²) in [6, 6.07) is 7.24. The number of likely N-dealkylation sites (tertiary alicyclic amines) is 1. The zero-order valence-corrected chi connectivity index (χ0v) is 18.1. The topological polar surface area (TPSA) is 88.3 Å². The summed E-state index contributed by atoms with van der Waals surface area (Å²) in [5, 5.41) is 1.09. The minimum absolute atomic E-state index is 0.170. The minimum atomic E-state index is -0.456. The van der Waals surface area contributed by atoms with E-state index in [-0.39, 0.29) is 5.97 Å². The average molecular weight is 427 g/mol. The molecule has 3 rings (SSSR count). The van der Waals surface area contributed by atoms with Gasteiger partial charge in [0.05, 0.1) is 25.9 Å². The Labute approximate surface area is 183 Å². The second-order valence-electron chi connectivity index (χ2n) is 7.49. The highest BCUT2D eigenvalue weighted by atomic mass is 16.5. The number of ether oxygens (including phenoxy) is 2. The Morgan fingerprint density at radius 2 is 1.90 bits per heavy atom. The van der Waals surface area contributed by atoms with Crippen molar-refractivity contribution in [3.05, 3.63) is 66.2 Å². The minimum Gasteiger partial charge on any atom is -0.482 e. The molecule has 1 saturated heterocycles. The summed E-state index contributed by atoms with van der Waals surface area (Å²) < 4.78 is 10.3. The molecule has 166 valence electrons. The number of amides is 2. The fraction of sp³-hybridized carbons (Fsp3) is 0.391. The third kappa shape index (κ3) is 5.34. The molecule has 2 amide bonds. The van der Waals surface area contributed by atoms with E-state index >= 15 is 0 Å². The van der Waals surface area contributed by atoms with E-state index in [0.29, 0.717) is 36.3 Å². The van der Waals surface area contributed by atoms with Crippen molar-refractivity contribution in [2.24, 2.45) is 5.84 Å². The molecule has 2 aliphatic rings. The van der Waals surface area contributed by atoms with Crippen LogP contribution in [-0.2, 0) is 14.3 Å². The molecule has 0 saturated carbocycles. The molecule has 2 heterocycles. The fourth-order valence-electron chi connectivity index (χ4n) is 3.85. The maximum atomic E-state index is 12.9. The number of rotatable bonds is 6. The third-order valence-corrected chi connectivity index (χ3v) is 5.53. The van der Waals surface area contributed by atoms with E-state index in [1.54, 1.807) is 18.2 Å². The van der Waals surface area contributed by atoms with Crippen LogP contribution in [0, 0.1) is 0 Å². The zero-order valence-electron chi connectivity index (χ0n) is 18.1. The van der Waals surface area contributed by atoms with Crippen molar-refractivity contribution in [1.29, 1.82) is 0 Å². The quantitative estimate of drug-likeness (QED) is 0.325. The van der Waals surface area contributed by atoms with E-state index in [4.69, 9.17) is 15.3 Å². The number of urea groups is 1. The van der Waals surface area contributed by atoms with Gasteiger partial charge in [-0.3, -0.25) is 9.69 Å². The molecular formula is C23H30N4O4. The van der Waals surface area contributed by atoms with Gasteiger partial charge in [-0.15, -0.1) is 0 Å². The summed E-state index contributed by atoms with van der Waals surface area (Å²) in [6.45, 7) is 8.16. The van der Waals surface area contributed by atoms with Crippen molar-refractivity contribution < 1.29 is 19.1 Å². The Kier molecular flexibility index (Phi) is 7.49. The number of hydrogen-bond donors (Lipinski definition) is 1. The van der Waals surface area contributed by atoms with Gasteiger partial charge in [0.15, 0.2) is 0 Å². The molecule has 1 fully saturated rings. The number of nitrogens with zero attached hydrogens (tertiary/aromatic N) is 3. The number of allylic oxidation sites excluding steroid dienone is 3. The molecule has 0 atom stereocenters. The molecule has 0 aliphatic carbocycles. The van der Waals surface area contributed by atoms with Crippen molar-refractivity contribution >= 4 is 17.7 Å². The summed E-state index contributed by atoms with van der Waals surface area (Å²) in [4.78, 5) is 28.0. The third-order valence-electron chi connectivity index (χ3n) is 5.53. The first-order valence-electron chi connectivity index (χ1n) is 10.4. The van der Waals surface area contributed by atoms with E-state index in [0.717, 1.165) is 30.9 Å². The van der Waals surface area contributed by atoms with Crippen LogP contribution in [0.1, 0.15) is 31.2 Å². The van der Waals surface area contributed by atoms with Crippen LogP contribution in [0.4, 0.5) is 10.5 Å². The SMILES string of the molecule is C=C1C=CC=C(OC)N1C(=O)N(N)c1ccc(C2CCN(CC(=O)OCC)CC2)cc1. The molecule has 0 unspecified atom stereocenters. The van der Waals surface area contributed by atoms with E-state index in [9.17, 15) is 9.59 Å². The number of hydrazine groups is 1. The highest BCUT2D eigenvalue weighted by Crippen LogP contribution is 2.30. The van der Waals surface area contributed by atoms with E-state index in [2.05, 4.69) is 11.5 Å². The van der Waals surface area contributed by atoms with Gasteiger partial charge in [0.2, 0.25) is 5.88 Å². The van der Waals surface area contributed by atoms with E-state index < -0.39 is 6.03 Å². The lowest BCUT2D eigenvalue weighted by Crippen LogP contribution is -2.46. The lowest BCUT2D eigenvalue weighted by Gasteiger charge is -2.32. The molecule has 0 spiro atoms. The molecule has 0 bridgehead atoms. The maximum absolute atomic E-state index is 12.9. The van der Waals surface area contributed by atoms with Gasteiger partial charge in [-0.1, -0.05) is 24.8 Å². The first-order chi connectivity index (χ1) is 14.9. The molecule has 2 aliphatic heterocycles. The second kappa shape index (κ2) is 10.3. The van der Waals surface area contributed by atoms with Gasteiger partial charge in [0, 0.05) is 5.70 Å². The van der Waals surface area contributed by atoms with Crippen LogP contribution < -0.4 is 10.9 Å². The molecule has 1 aromatic rings. The molecule has 8 nitrogen and oxygen atoms in total. The van der Waals surface area contributed by atoms with Crippen LogP contribution in [0.2, 0.25) is 0 Å². The van der Waals surface area contributed by atoms with Crippen molar-refractivity contribution in [3.8, 4) is 0 Å². The van der Waals surface area contributed by atoms with Crippen LogP contribution in [0.15, 0.2) is 60.7 Å². The molecule has 8 heteroatoms. The fourth-order valence-corrected chi connectivity index (χ4v) is 3.85. The first-order valence-corrected chi connectivity index (χ1v) is 10.4. The average Bonchev–Trinajstić information content (AvgIpc) is 2.78. The lowest BCUT2D eigenvalue weighted by atomic mass is 9.89. The monoisotopic (exact) mass is 426 g/mol. The Hall–Kier alpha value is -3.10. The number of carbonyl (C=O) groups excluding carboxylic acids is 2. The molecule has 2 N–H and O–H groups in total. The summed E-state index contributed by atoms with van der Waals surface area (Å²) in [5.41, 5.74) is 2.25. The van der Waals surface area contributed by atoms with Gasteiger partial charge in [0.1, 0.15) is 0 Å². The largest absolute Gasteiger partial charge is 0.482 e. The van der Waals surface area contributed by atoms with Crippen LogP contribution in [-0.4, -0.2) is 55.2 Å². The zero-order chi connectivity index (χ0) is 22.4. The number of benzene rings is 1. The van der Waals surface area contributed by atoms with Crippen molar-refractivity contribution in [2.45, 2.75) is 25.7 Å².